The highest BCUT2D eigenvalue weighted by atomic mass is 16.5. The standard InChI is InChI=1S/C19H26N2O2/c1-23-17-4-2-3-16(8-17)21-18(22)12-20-19-9-13-5-14(10-19)7-15(6-13)11-19/h2-4,8,13-15,20H,5-7,9-12H2,1H3,(H,21,22). The van der Waals surface area contributed by atoms with E-state index >= 15 is 0 Å². The van der Waals surface area contributed by atoms with Gasteiger partial charge in [-0.25, -0.2) is 0 Å². The van der Waals surface area contributed by atoms with Crippen molar-refractivity contribution in [3.8, 4) is 5.75 Å². The smallest absolute Gasteiger partial charge is 0.238 e. The van der Waals surface area contributed by atoms with Crippen LogP contribution in [0.15, 0.2) is 24.3 Å². The van der Waals surface area contributed by atoms with Crippen molar-refractivity contribution in [2.45, 2.75) is 44.1 Å². The van der Waals surface area contributed by atoms with Gasteiger partial charge in [-0.15, -0.1) is 0 Å². The Morgan fingerprint density at radius 1 is 1.17 bits per heavy atom. The van der Waals surface area contributed by atoms with Crippen LogP contribution >= 0.6 is 0 Å². The highest BCUT2D eigenvalue weighted by molar-refractivity contribution is 5.92. The normalized spacial score (nSPS) is 34.4. The first-order chi connectivity index (χ1) is 11.1. The highest BCUT2D eigenvalue weighted by Gasteiger charge is 2.50. The van der Waals surface area contributed by atoms with E-state index in [1.54, 1.807) is 7.11 Å². The Bertz CT molecular complexity index is 564. The molecule has 2 N–H and O–H groups in total. The van der Waals surface area contributed by atoms with Gasteiger partial charge in [-0.2, -0.15) is 0 Å². The predicted molar refractivity (Wildman–Crippen MR) is 90.5 cm³/mol. The molecule has 0 radical (unpaired) electrons. The number of carbonyl (C=O) groups is 1. The molecule has 1 amide bonds. The van der Waals surface area contributed by atoms with Crippen LogP contribution in [-0.4, -0.2) is 25.1 Å². The van der Waals surface area contributed by atoms with E-state index in [4.69, 9.17) is 4.74 Å². The quantitative estimate of drug-likeness (QED) is 0.877. The summed E-state index contributed by atoms with van der Waals surface area (Å²) >= 11 is 0. The third kappa shape index (κ3) is 3.09. The predicted octanol–water partition coefficient (Wildman–Crippen LogP) is 3.19. The molecule has 1 aromatic carbocycles. The number of hydrogen-bond donors (Lipinski definition) is 2. The lowest BCUT2D eigenvalue weighted by Crippen LogP contribution is -2.59. The molecule has 0 atom stereocenters. The molecule has 0 unspecified atom stereocenters. The van der Waals surface area contributed by atoms with E-state index in [-0.39, 0.29) is 11.4 Å². The van der Waals surface area contributed by atoms with Crippen molar-refractivity contribution in [1.82, 2.24) is 5.32 Å². The second kappa shape index (κ2) is 5.82. The topological polar surface area (TPSA) is 50.4 Å². The minimum atomic E-state index is 0.0361. The number of nitrogens with one attached hydrogen (secondary N) is 2. The fraction of sp³-hybridized carbons (Fsp3) is 0.632. The van der Waals surface area contributed by atoms with Crippen LogP contribution < -0.4 is 15.4 Å². The zero-order valence-electron chi connectivity index (χ0n) is 13.8. The van der Waals surface area contributed by atoms with Gasteiger partial charge in [-0.3, -0.25) is 4.79 Å². The second-order valence-corrected chi connectivity index (χ2v) is 7.83. The van der Waals surface area contributed by atoms with Crippen LogP contribution in [0.2, 0.25) is 0 Å². The number of anilines is 1. The third-order valence-corrected chi connectivity index (χ3v) is 6.02. The molecule has 4 bridgehead atoms. The SMILES string of the molecule is COc1cccc(NC(=O)CNC23CC4CC(CC(C4)C2)C3)c1. The minimum absolute atomic E-state index is 0.0361. The van der Waals surface area contributed by atoms with E-state index in [1.807, 2.05) is 24.3 Å². The Balaban J connectivity index is 1.34. The molecule has 23 heavy (non-hydrogen) atoms. The number of methoxy groups -OCH3 is 1. The van der Waals surface area contributed by atoms with E-state index in [2.05, 4.69) is 10.6 Å². The lowest BCUT2D eigenvalue weighted by Gasteiger charge is -2.57. The number of hydrogen-bond acceptors (Lipinski definition) is 3. The molecule has 5 rings (SSSR count). The molecule has 1 aromatic rings. The fourth-order valence-corrected chi connectivity index (χ4v) is 5.50. The Labute approximate surface area is 138 Å². The average molecular weight is 314 g/mol. The second-order valence-electron chi connectivity index (χ2n) is 7.83. The molecule has 0 aromatic heterocycles. The number of amides is 1. The first kappa shape index (κ1) is 15.0. The van der Waals surface area contributed by atoms with Gasteiger partial charge in [0, 0.05) is 17.3 Å². The van der Waals surface area contributed by atoms with Crippen LogP contribution in [0.4, 0.5) is 5.69 Å². The van der Waals surface area contributed by atoms with Crippen molar-refractivity contribution >= 4 is 11.6 Å². The Kier molecular flexibility index (Phi) is 3.80. The van der Waals surface area contributed by atoms with Gasteiger partial charge in [0.2, 0.25) is 5.91 Å². The lowest BCUT2D eigenvalue weighted by molar-refractivity contribution is -0.116. The summed E-state index contributed by atoms with van der Waals surface area (Å²) in [5, 5.41) is 6.60. The van der Waals surface area contributed by atoms with E-state index in [0.717, 1.165) is 29.2 Å². The van der Waals surface area contributed by atoms with Crippen molar-refractivity contribution in [3.05, 3.63) is 24.3 Å². The van der Waals surface area contributed by atoms with Gasteiger partial charge in [0.15, 0.2) is 0 Å². The van der Waals surface area contributed by atoms with Crippen molar-refractivity contribution in [3.63, 3.8) is 0 Å². The van der Waals surface area contributed by atoms with Crippen LogP contribution in [0.5, 0.6) is 5.75 Å². The van der Waals surface area contributed by atoms with Gasteiger partial charge in [0.05, 0.1) is 13.7 Å². The number of ether oxygens (including phenoxy) is 1. The first-order valence-corrected chi connectivity index (χ1v) is 8.83. The fourth-order valence-electron chi connectivity index (χ4n) is 5.50. The molecule has 4 aliphatic rings. The minimum Gasteiger partial charge on any atom is -0.497 e. The summed E-state index contributed by atoms with van der Waals surface area (Å²) in [4.78, 5) is 12.3. The van der Waals surface area contributed by atoms with Crippen LogP contribution in [-0.2, 0) is 4.79 Å². The third-order valence-electron chi connectivity index (χ3n) is 6.02. The molecule has 124 valence electrons. The summed E-state index contributed by atoms with van der Waals surface area (Å²) in [5.41, 5.74) is 1.03. The molecule has 4 saturated carbocycles. The molecule has 4 nitrogen and oxygen atoms in total. The zero-order chi connectivity index (χ0) is 15.9. The van der Waals surface area contributed by atoms with Crippen LogP contribution in [0, 0.1) is 17.8 Å². The van der Waals surface area contributed by atoms with Crippen molar-refractivity contribution in [2.75, 3.05) is 19.0 Å². The molecule has 4 fully saturated rings. The number of carbonyl (C=O) groups excluding carboxylic acids is 1. The molecule has 0 aliphatic heterocycles. The van der Waals surface area contributed by atoms with E-state index in [0.29, 0.717) is 6.54 Å². The summed E-state index contributed by atoms with van der Waals surface area (Å²) in [6.07, 6.45) is 8.09. The van der Waals surface area contributed by atoms with E-state index in [9.17, 15) is 4.79 Å². The molecular formula is C19H26N2O2. The van der Waals surface area contributed by atoms with Crippen molar-refractivity contribution < 1.29 is 9.53 Å². The van der Waals surface area contributed by atoms with Crippen molar-refractivity contribution in [2.24, 2.45) is 17.8 Å². The maximum atomic E-state index is 12.3. The zero-order valence-corrected chi connectivity index (χ0v) is 13.8. The van der Waals surface area contributed by atoms with E-state index in [1.165, 1.54) is 38.5 Å². The maximum Gasteiger partial charge on any atom is 0.238 e. The van der Waals surface area contributed by atoms with Gasteiger partial charge in [0.25, 0.3) is 0 Å². The molecule has 0 spiro atoms. The molecule has 0 heterocycles. The summed E-state index contributed by atoms with van der Waals surface area (Å²) < 4.78 is 5.19. The summed E-state index contributed by atoms with van der Waals surface area (Å²) in [6.45, 7) is 0.406. The Morgan fingerprint density at radius 2 is 1.83 bits per heavy atom. The van der Waals surface area contributed by atoms with Crippen LogP contribution in [0.1, 0.15) is 38.5 Å². The highest BCUT2D eigenvalue weighted by Crippen LogP contribution is 2.55. The summed E-state index contributed by atoms with van der Waals surface area (Å²) in [7, 11) is 1.63. The summed E-state index contributed by atoms with van der Waals surface area (Å²) in [6, 6.07) is 7.51. The largest absolute Gasteiger partial charge is 0.497 e. The van der Waals surface area contributed by atoms with Crippen LogP contribution in [0.25, 0.3) is 0 Å². The van der Waals surface area contributed by atoms with Crippen molar-refractivity contribution in [1.29, 1.82) is 0 Å². The Hall–Kier alpha value is -1.55. The van der Waals surface area contributed by atoms with E-state index < -0.39 is 0 Å². The Morgan fingerprint density at radius 3 is 2.43 bits per heavy atom. The maximum absolute atomic E-state index is 12.3. The molecule has 4 heteroatoms. The number of rotatable bonds is 5. The van der Waals surface area contributed by atoms with Gasteiger partial charge < -0.3 is 15.4 Å². The average Bonchev–Trinajstić information content (AvgIpc) is 2.52. The molecule has 0 saturated heterocycles. The first-order valence-electron chi connectivity index (χ1n) is 8.83. The van der Waals surface area contributed by atoms with Crippen LogP contribution in [0.3, 0.4) is 0 Å². The number of benzene rings is 1. The summed E-state index contributed by atoms with van der Waals surface area (Å²) in [5.74, 6) is 3.49. The van der Waals surface area contributed by atoms with Gasteiger partial charge >= 0.3 is 0 Å². The monoisotopic (exact) mass is 314 g/mol. The van der Waals surface area contributed by atoms with Gasteiger partial charge in [-0.05, 0) is 68.4 Å². The van der Waals surface area contributed by atoms with Gasteiger partial charge in [-0.1, -0.05) is 6.07 Å². The lowest BCUT2D eigenvalue weighted by atomic mass is 9.53. The molecule has 4 aliphatic carbocycles. The van der Waals surface area contributed by atoms with Gasteiger partial charge in [0.1, 0.15) is 5.75 Å². The molecular weight excluding hydrogens is 288 g/mol.